The molecule has 0 aromatic carbocycles. The molecule has 2 N–H and O–H groups in total. The maximum atomic E-state index is 12.0. The van der Waals surface area contributed by atoms with Crippen molar-refractivity contribution in [3.63, 3.8) is 0 Å². The van der Waals surface area contributed by atoms with Crippen molar-refractivity contribution in [3.05, 3.63) is 0 Å². The van der Waals surface area contributed by atoms with Gasteiger partial charge in [0.05, 0.1) is 6.04 Å². The highest BCUT2D eigenvalue weighted by atomic mass is 16.2. The van der Waals surface area contributed by atoms with Crippen LogP contribution in [0.2, 0.25) is 0 Å². The van der Waals surface area contributed by atoms with Crippen molar-refractivity contribution in [1.29, 1.82) is 0 Å². The van der Waals surface area contributed by atoms with Crippen LogP contribution in [-0.4, -0.2) is 48.6 Å². The van der Waals surface area contributed by atoms with Gasteiger partial charge < -0.3 is 10.6 Å². The number of rotatable bonds is 6. The Hall–Kier alpha value is -0.610. The number of hydrogen-bond acceptors (Lipinski definition) is 3. The highest BCUT2D eigenvalue weighted by Gasteiger charge is 2.33. The smallest absolute Gasteiger partial charge is 0.237 e. The van der Waals surface area contributed by atoms with Gasteiger partial charge in [0, 0.05) is 25.2 Å². The standard InChI is InChI=1S/C12H23N3O/c1-3-6-15(11-7-13-8-11)9(2)12(16)14-10-4-5-10/h9-11,13H,3-8H2,1-2H3,(H,14,16). The van der Waals surface area contributed by atoms with E-state index in [1.165, 1.54) is 0 Å². The molecule has 1 saturated heterocycles. The van der Waals surface area contributed by atoms with Crippen molar-refractivity contribution < 1.29 is 4.79 Å². The Morgan fingerprint density at radius 3 is 2.62 bits per heavy atom. The van der Waals surface area contributed by atoms with Crippen molar-refractivity contribution in [3.8, 4) is 0 Å². The lowest BCUT2D eigenvalue weighted by Crippen LogP contribution is -2.62. The van der Waals surface area contributed by atoms with Crippen LogP contribution < -0.4 is 10.6 Å². The van der Waals surface area contributed by atoms with Gasteiger partial charge in [-0.2, -0.15) is 0 Å². The van der Waals surface area contributed by atoms with Gasteiger partial charge in [-0.15, -0.1) is 0 Å². The van der Waals surface area contributed by atoms with E-state index >= 15 is 0 Å². The van der Waals surface area contributed by atoms with Crippen molar-refractivity contribution in [2.24, 2.45) is 0 Å². The molecule has 4 nitrogen and oxygen atoms in total. The van der Waals surface area contributed by atoms with E-state index in [9.17, 15) is 4.79 Å². The Kier molecular flexibility index (Phi) is 3.82. The fourth-order valence-corrected chi connectivity index (χ4v) is 2.16. The quantitative estimate of drug-likeness (QED) is 0.685. The van der Waals surface area contributed by atoms with Crippen LogP contribution in [0.15, 0.2) is 0 Å². The van der Waals surface area contributed by atoms with E-state index in [2.05, 4.69) is 22.5 Å². The molecular weight excluding hydrogens is 202 g/mol. The Labute approximate surface area is 97.8 Å². The molecular formula is C12H23N3O. The Morgan fingerprint density at radius 1 is 1.50 bits per heavy atom. The zero-order valence-corrected chi connectivity index (χ0v) is 10.3. The summed E-state index contributed by atoms with van der Waals surface area (Å²) in [6, 6.07) is 1.05. The second-order valence-corrected chi connectivity index (χ2v) is 5.01. The third-order valence-corrected chi connectivity index (χ3v) is 3.51. The van der Waals surface area contributed by atoms with Gasteiger partial charge in [0.25, 0.3) is 0 Å². The third kappa shape index (κ3) is 2.74. The SMILES string of the molecule is CCCN(C1CNC1)C(C)C(=O)NC1CC1. The first-order valence-corrected chi connectivity index (χ1v) is 6.49. The van der Waals surface area contributed by atoms with Crippen LogP contribution in [0.4, 0.5) is 0 Å². The molecule has 4 heteroatoms. The summed E-state index contributed by atoms with van der Waals surface area (Å²) in [7, 11) is 0. The summed E-state index contributed by atoms with van der Waals surface area (Å²) < 4.78 is 0. The third-order valence-electron chi connectivity index (χ3n) is 3.51. The van der Waals surface area contributed by atoms with Gasteiger partial charge in [0.2, 0.25) is 5.91 Å². The molecule has 1 unspecified atom stereocenters. The molecule has 1 aliphatic heterocycles. The Balaban J connectivity index is 1.86. The molecule has 0 spiro atoms. The summed E-state index contributed by atoms with van der Waals surface area (Å²) in [4.78, 5) is 14.3. The Bertz CT molecular complexity index is 249. The summed E-state index contributed by atoms with van der Waals surface area (Å²) >= 11 is 0. The van der Waals surface area contributed by atoms with Crippen LogP contribution in [0.5, 0.6) is 0 Å². The molecule has 1 heterocycles. The number of carbonyl (C=O) groups excluding carboxylic acids is 1. The maximum absolute atomic E-state index is 12.0. The highest BCUT2D eigenvalue weighted by Crippen LogP contribution is 2.19. The highest BCUT2D eigenvalue weighted by molar-refractivity contribution is 5.81. The summed E-state index contributed by atoms with van der Waals surface area (Å²) in [5.41, 5.74) is 0. The average Bonchev–Trinajstić information content (AvgIpc) is 2.97. The van der Waals surface area contributed by atoms with Crippen LogP contribution in [0.3, 0.4) is 0 Å². The van der Waals surface area contributed by atoms with Crippen molar-refractivity contribution in [1.82, 2.24) is 15.5 Å². The molecule has 0 aromatic rings. The lowest BCUT2D eigenvalue weighted by atomic mass is 10.1. The van der Waals surface area contributed by atoms with Crippen LogP contribution in [0.25, 0.3) is 0 Å². The monoisotopic (exact) mass is 225 g/mol. The first-order chi connectivity index (χ1) is 7.72. The van der Waals surface area contributed by atoms with Gasteiger partial charge in [-0.05, 0) is 32.7 Å². The van der Waals surface area contributed by atoms with Crippen LogP contribution >= 0.6 is 0 Å². The number of nitrogens with one attached hydrogen (secondary N) is 2. The minimum Gasteiger partial charge on any atom is -0.352 e. The van der Waals surface area contributed by atoms with Gasteiger partial charge in [-0.3, -0.25) is 9.69 Å². The first kappa shape index (κ1) is 11.9. The summed E-state index contributed by atoms with van der Waals surface area (Å²) in [6.45, 7) is 7.28. The summed E-state index contributed by atoms with van der Waals surface area (Å²) in [6.07, 6.45) is 3.44. The zero-order valence-electron chi connectivity index (χ0n) is 10.3. The molecule has 16 heavy (non-hydrogen) atoms. The number of carbonyl (C=O) groups is 1. The molecule has 0 aromatic heterocycles. The molecule has 0 radical (unpaired) electrons. The largest absolute Gasteiger partial charge is 0.352 e. The lowest BCUT2D eigenvalue weighted by molar-refractivity contribution is -0.127. The van der Waals surface area contributed by atoms with E-state index in [0.717, 1.165) is 38.9 Å². The normalized spacial score (nSPS) is 22.9. The number of hydrogen-bond donors (Lipinski definition) is 2. The molecule has 1 saturated carbocycles. The van der Waals surface area contributed by atoms with E-state index in [1.54, 1.807) is 0 Å². The first-order valence-electron chi connectivity index (χ1n) is 6.49. The van der Waals surface area contributed by atoms with Crippen molar-refractivity contribution >= 4 is 5.91 Å². The van der Waals surface area contributed by atoms with E-state index in [0.29, 0.717) is 12.1 Å². The van der Waals surface area contributed by atoms with Gasteiger partial charge in [-0.25, -0.2) is 0 Å². The maximum Gasteiger partial charge on any atom is 0.237 e. The second-order valence-electron chi connectivity index (χ2n) is 5.01. The fourth-order valence-electron chi connectivity index (χ4n) is 2.16. The average molecular weight is 225 g/mol. The lowest BCUT2D eigenvalue weighted by Gasteiger charge is -2.41. The molecule has 92 valence electrons. The Morgan fingerprint density at radius 2 is 2.19 bits per heavy atom. The van der Waals surface area contributed by atoms with Gasteiger partial charge in [0.15, 0.2) is 0 Å². The molecule has 1 amide bonds. The van der Waals surface area contributed by atoms with Crippen molar-refractivity contribution in [2.45, 2.75) is 51.2 Å². The molecule has 1 aliphatic carbocycles. The molecule has 0 bridgehead atoms. The van der Waals surface area contributed by atoms with Gasteiger partial charge in [-0.1, -0.05) is 6.92 Å². The number of amides is 1. The van der Waals surface area contributed by atoms with Crippen molar-refractivity contribution in [2.75, 3.05) is 19.6 Å². The predicted octanol–water partition coefficient (Wildman–Crippen LogP) is 0.337. The van der Waals surface area contributed by atoms with Gasteiger partial charge in [0.1, 0.15) is 0 Å². The molecule has 2 rings (SSSR count). The van der Waals surface area contributed by atoms with E-state index < -0.39 is 0 Å². The van der Waals surface area contributed by atoms with Crippen LogP contribution in [-0.2, 0) is 4.79 Å². The van der Waals surface area contributed by atoms with Crippen LogP contribution in [0, 0.1) is 0 Å². The summed E-state index contributed by atoms with van der Waals surface area (Å²) in [5.74, 6) is 0.211. The minimum atomic E-state index is 0.0210. The topological polar surface area (TPSA) is 44.4 Å². The van der Waals surface area contributed by atoms with Gasteiger partial charge >= 0.3 is 0 Å². The second kappa shape index (κ2) is 5.15. The summed E-state index contributed by atoms with van der Waals surface area (Å²) in [5, 5.41) is 6.37. The zero-order chi connectivity index (χ0) is 11.5. The fraction of sp³-hybridized carbons (Fsp3) is 0.917. The number of nitrogens with zero attached hydrogens (tertiary/aromatic N) is 1. The molecule has 2 aliphatic rings. The molecule has 1 atom stereocenters. The van der Waals surface area contributed by atoms with E-state index in [1.807, 2.05) is 6.92 Å². The predicted molar refractivity (Wildman–Crippen MR) is 64.3 cm³/mol. The minimum absolute atomic E-state index is 0.0210. The van der Waals surface area contributed by atoms with E-state index in [4.69, 9.17) is 0 Å². The van der Waals surface area contributed by atoms with Crippen LogP contribution in [0.1, 0.15) is 33.1 Å². The molecule has 2 fully saturated rings. The van der Waals surface area contributed by atoms with E-state index in [-0.39, 0.29) is 11.9 Å².